The van der Waals surface area contributed by atoms with E-state index in [-0.39, 0.29) is 0 Å². The molecule has 0 unspecified atom stereocenters. The molecule has 2 aromatic carbocycles. The SMILES string of the molecule is c1ccc(Cn2cc(COc3ccccc3-c3ccno3)nn2)cc1. The van der Waals surface area contributed by atoms with Crippen molar-refractivity contribution in [2.24, 2.45) is 0 Å². The Morgan fingerprint density at radius 3 is 2.64 bits per heavy atom. The third-order valence-electron chi connectivity index (χ3n) is 3.74. The quantitative estimate of drug-likeness (QED) is 0.540. The first-order chi connectivity index (χ1) is 12.4. The molecule has 0 aliphatic heterocycles. The van der Waals surface area contributed by atoms with Gasteiger partial charge in [0.25, 0.3) is 0 Å². The van der Waals surface area contributed by atoms with Crippen LogP contribution in [0, 0.1) is 0 Å². The van der Waals surface area contributed by atoms with Gasteiger partial charge in [-0.2, -0.15) is 0 Å². The van der Waals surface area contributed by atoms with Crippen molar-refractivity contribution >= 4 is 0 Å². The minimum Gasteiger partial charge on any atom is -0.486 e. The minimum absolute atomic E-state index is 0.333. The van der Waals surface area contributed by atoms with Gasteiger partial charge >= 0.3 is 0 Å². The molecule has 4 rings (SSSR count). The van der Waals surface area contributed by atoms with Gasteiger partial charge in [0.2, 0.25) is 0 Å². The second kappa shape index (κ2) is 7.00. The molecule has 2 aromatic heterocycles. The molecular formula is C19H16N4O2. The van der Waals surface area contributed by atoms with Gasteiger partial charge in [-0.05, 0) is 17.7 Å². The van der Waals surface area contributed by atoms with Gasteiger partial charge in [0.1, 0.15) is 18.1 Å². The first-order valence-electron chi connectivity index (χ1n) is 7.94. The monoisotopic (exact) mass is 332 g/mol. The number of nitrogens with zero attached hydrogens (tertiary/aromatic N) is 4. The highest BCUT2D eigenvalue weighted by Gasteiger charge is 2.10. The molecule has 25 heavy (non-hydrogen) atoms. The smallest absolute Gasteiger partial charge is 0.170 e. The molecule has 0 fully saturated rings. The van der Waals surface area contributed by atoms with Crippen molar-refractivity contribution in [3.8, 4) is 17.1 Å². The number of ether oxygens (including phenoxy) is 1. The van der Waals surface area contributed by atoms with Crippen LogP contribution in [0.3, 0.4) is 0 Å². The Hall–Kier alpha value is -3.41. The fourth-order valence-electron chi connectivity index (χ4n) is 2.55. The van der Waals surface area contributed by atoms with E-state index in [2.05, 4.69) is 27.6 Å². The Kier molecular flexibility index (Phi) is 4.24. The zero-order valence-corrected chi connectivity index (χ0v) is 13.4. The fraction of sp³-hybridized carbons (Fsp3) is 0.105. The van der Waals surface area contributed by atoms with Crippen LogP contribution >= 0.6 is 0 Å². The summed E-state index contributed by atoms with van der Waals surface area (Å²) < 4.78 is 12.9. The van der Waals surface area contributed by atoms with Crippen LogP contribution in [0.25, 0.3) is 11.3 Å². The second-order valence-corrected chi connectivity index (χ2v) is 5.55. The highest BCUT2D eigenvalue weighted by Crippen LogP contribution is 2.29. The van der Waals surface area contributed by atoms with Crippen LogP contribution in [-0.2, 0) is 13.2 Å². The van der Waals surface area contributed by atoms with Gasteiger partial charge < -0.3 is 9.26 Å². The molecule has 4 aromatic rings. The lowest BCUT2D eigenvalue weighted by molar-refractivity contribution is 0.301. The Bertz CT molecular complexity index is 933. The van der Waals surface area contributed by atoms with E-state index in [1.54, 1.807) is 16.9 Å². The lowest BCUT2D eigenvalue weighted by Gasteiger charge is -2.07. The van der Waals surface area contributed by atoms with Crippen molar-refractivity contribution < 1.29 is 9.26 Å². The summed E-state index contributed by atoms with van der Waals surface area (Å²) >= 11 is 0. The third-order valence-corrected chi connectivity index (χ3v) is 3.74. The van der Waals surface area contributed by atoms with Crippen molar-refractivity contribution in [2.75, 3.05) is 0 Å². The molecule has 0 amide bonds. The zero-order chi connectivity index (χ0) is 16.9. The van der Waals surface area contributed by atoms with Gasteiger partial charge in [0.05, 0.1) is 24.5 Å². The van der Waals surface area contributed by atoms with E-state index in [0.717, 1.165) is 17.0 Å². The van der Waals surface area contributed by atoms with E-state index >= 15 is 0 Å². The molecule has 0 N–H and O–H groups in total. The number of aromatic nitrogens is 4. The van der Waals surface area contributed by atoms with Crippen molar-refractivity contribution in [1.29, 1.82) is 0 Å². The summed E-state index contributed by atoms with van der Waals surface area (Å²) in [7, 11) is 0. The summed E-state index contributed by atoms with van der Waals surface area (Å²) in [5, 5.41) is 12.1. The lowest BCUT2D eigenvalue weighted by atomic mass is 10.1. The third kappa shape index (κ3) is 3.58. The highest BCUT2D eigenvalue weighted by atomic mass is 16.5. The van der Waals surface area contributed by atoms with Gasteiger partial charge in [0, 0.05) is 6.07 Å². The molecule has 6 heteroatoms. The molecule has 0 spiro atoms. The summed E-state index contributed by atoms with van der Waals surface area (Å²) in [4.78, 5) is 0. The van der Waals surface area contributed by atoms with Crippen LogP contribution < -0.4 is 4.74 Å². The molecule has 0 saturated carbocycles. The van der Waals surface area contributed by atoms with E-state index in [4.69, 9.17) is 9.26 Å². The maximum Gasteiger partial charge on any atom is 0.170 e. The van der Waals surface area contributed by atoms with Crippen LogP contribution in [0.15, 0.2) is 77.6 Å². The van der Waals surface area contributed by atoms with Crippen LogP contribution in [0.4, 0.5) is 0 Å². The average Bonchev–Trinajstić information content (AvgIpc) is 3.33. The lowest BCUT2D eigenvalue weighted by Crippen LogP contribution is -2.00. The number of hydrogen-bond acceptors (Lipinski definition) is 5. The first-order valence-corrected chi connectivity index (χ1v) is 7.94. The standard InChI is InChI=1S/C19H16N4O2/c1-2-6-15(7-3-1)12-23-13-16(21-22-23)14-24-18-9-5-4-8-17(18)19-10-11-20-25-19/h1-11,13H,12,14H2. The molecule has 2 heterocycles. The second-order valence-electron chi connectivity index (χ2n) is 5.55. The van der Waals surface area contributed by atoms with Crippen molar-refractivity contribution in [3.63, 3.8) is 0 Å². The van der Waals surface area contributed by atoms with Gasteiger partial charge in [-0.15, -0.1) is 5.10 Å². The van der Waals surface area contributed by atoms with E-state index in [9.17, 15) is 0 Å². The van der Waals surface area contributed by atoms with E-state index in [1.165, 1.54) is 5.56 Å². The van der Waals surface area contributed by atoms with Crippen LogP contribution in [-0.4, -0.2) is 20.2 Å². The highest BCUT2D eigenvalue weighted by molar-refractivity contribution is 5.65. The average molecular weight is 332 g/mol. The molecule has 0 aliphatic rings. The molecule has 0 radical (unpaired) electrons. The molecule has 6 nitrogen and oxygen atoms in total. The Morgan fingerprint density at radius 1 is 0.960 bits per heavy atom. The first kappa shape index (κ1) is 15.1. The van der Waals surface area contributed by atoms with E-state index in [1.807, 2.05) is 48.7 Å². The summed E-state index contributed by atoms with van der Waals surface area (Å²) in [6.45, 7) is 1.02. The van der Waals surface area contributed by atoms with Crippen LogP contribution in [0.5, 0.6) is 5.75 Å². The molecule has 0 bridgehead atoms. The largest absolute Gasteiger partial charge is 0.486 e. The molecule has 0 saturated heterocycles. The Morgan fingerprint density at radius 2 is 1.80 bits per heavy atom. The van der Waals surface area contributed by atoms with Gasteiger partial charge in [0.15, 0.2) is 5.76 Å². The molecule has 124 valence electrons. The Balaban J connectivity index is 1.44. The maximum atomic E-state index is 5.91. The van der Waals surface area contributed by atoms with Gasteiger partial charge in [-0.25, -0.2) is 4.68 Å². The molecular weight excluding hydrogens is 316 g/mol. The van der Waals surface area contributed by atoms with Gasteiger partial charge in [-0.1, -0.05) is 52.8 Å². The number of para-hydroxylation sites is 1. The molecule has 0 atom stereocenters. The van der Waals surface area contributed by atoms with Crippen molar-refractivity contribution in [3.05, 3.63) is 84.3 Å². The summed E-state index contributed by atoms with van der Waals surface area (Å²) in [6.07, 6.45) is 3.51. The number of rotatable bonds is 6. The number of hydrogen-bond donors (Lipinski definition) is 0. The van der Waals surface area contributed by atoms with E-state index < -0.39 is 0 Å². The van der Waals surface area contributed by atoms with Gasteiger partial charge in [-0.3, -0.25) is 0 Å². The van der Waals surface area contributed by atoms with Crippen LogP contribution in [0.2, 0.25) is 0 Å². The summed E-state index contributed by atoms with van der Waals surface area (Å²) in [6, 6.07) is 19.6. The normalized spacial score (nSPS) is 10.7. The topological polar surface area (TPSA) is 66.0 Å². The Labute approximate surface area is 144 Å². The fourth-order valence-corrected chi connectivity index (χ4v) is 2.55. The predicted octanol–water partition coefficient (Wildman–Crippen LogP) is 3.56. The summed E-state index contributed by atoms with van der Waals surface area (Å²) in [5.41, 5.74) is 2.80. The van der Waals surface area contributed by atoms with E-state index in [0.29, 0.717) is 18.9 Å². The molecule has 0 aliphatic carbocycles. The predicted molar refractivity (Wildman–Crippen MR) is 91.8 cm³/mol. The summed E-state index contributed by atoms with van der Waals surface area (Å²) in [5.74, 6) is 1.39. The maximum absolute atomic E-state index is 5.91. The zero-order valence-electron chi connectivity index (χ0n) is 13.4. The van der Waals surface area contributed by atoms with Crippen molar-refractivity contribution in [1.82, 2.24) is 20.2 Å². The minimum atomic E-state index is 0.333. The van der Waals surface area contributed by atoms with Crippen molar-refractivity contribution in [2.45, 2.75) is 13.2 Å². The number of benzene rings is 2. The van der Waals surface area contributed by atoms with Crippen LogP contribution in [0.1, 0.15) is 11.3 Å².